The molecule has 2 rings (SSSR count). The minimum absolute atomic E-state index is 0.111. The summed E-state index contributed by atoms with van der Waals surface area (Å²) in [5, 5.41) is 11.6. The van der Waals surface area contributed by atoms with Gasteiger partial charge >= 0.3 is 12.0 Å². The van der Waals surface area contributed by atoms with E-state index in [0.29, 0.717) is 31.6 Å². The summed E-state index contributed by atoms with van der Waals surface area (Å²) in [6.07, 6.45) is 1.11. The Bertz CT molecular complexity index is 565. The van der Waals surface area contributed by atoms with Crippen LogP contribution in [0.5, 0.6) is 0 Å². The minimum Gasteiger partial charge on any atom is -0.478 e. The molecule has 0 atom stereocenters. The zero-order valence-electron chi connectivity index (χ0n) is 11.4. The van der Waals surface area contributed by atoms with Gasteiger partial charge in [0.1, 0.15) is 0 Å². The summed E-state index contributed by atoms with van der Waals surface area (Å²) >= 11 is 0. The molecule has 0 aromatic heterocycles. The molecule has 1 aliphatic heterocycles. The fourth-order valence-corrected chi connectivity index (χ4v) is 2.30. The molecule has 1 fully saturated rings. The number of nitrogens with two attached hydrogens (primary N) is 1. The molecule has 1 aromatic rings. The summed E-state index contributed by atoms with van der Waals surface area (Å²) < 4.78 is 0. The van der Waals surface area contributed by atoms with E-state index in [-0.39, 0.29) is 23.4 Å². The van der Waals surface area contributed by atoms with E-state index in [1.807, 2.05) is 0 Å². The summed E-state index contributed by atoms with van der Waals surface area (Å²) in [4.78, 5) is 35.6. The third-order valence-electron chi connectivity index (χ3n) is 3.55. The number of carboxylic acids is 1. The molecular formula is C14H17N3O4. The van der Waals surface area contributed by atoms with E-state index in [2.05, 4.69) is 5.32 Å². The predicted octanol–water partition coefficient (Wildman–Crippen LogP) is 1.11. The van der Waals surface area contributed by atoms with Crippen molar-refractivity contribution in [2.24, 2.45) is 11.7 Å². The van der Waals surface area contributed by atoms with Crippen LogP contribution in [0.4, 0.5) is 10.5 Å². The summed E-state index contributed by atoms with van der Waals surface area (Å²) in [5.41, 5.74) is 5.78. The number of nitrogens with one attached hydrogen (secondary N) is 1. The van der Waals surface area contributed by atoms with Crippen molar-refractivity contribution in [3.63, 3.8) is 0 Å². The first-order chi connectivity index (χ1) is 9.97. The fraction of sp³-hybridized carbons (Fsp3) is 0.357. The molecule has 0 spiro atoms. The first-order valence-electron chi connectivity index (χ1n) is 6.66. The molecule has 1 heterocycles. The molecule has 0 radical (unpaired) electrons. The van der Waals surface area contributed by atoms with E-state index in [1.54, 1.807) is 17.0 Å². The van der Waals surface area contributed by atoms with Crippen molar-refractivity contribution in [1.29, 1.82) is 0 Å². The van der Waals surface area contributed by atoms with Gasteiger partial charge in [-0.2, -0.15) is 0 Å². The Kier molecular flexibility index (Phi) is 4.42. The molecule has 1 saturated heterocycles. The van der Waals surface area contributed by atoms with Gasteiger partial charge in [-0.15, -0.1) is 0 Å². The standard InChI is InChI=1S/C14H17N3O4/c15-12(18)9-4-6-17(7-5-9)14(21)16-11-3-1-2-10(8-11)13(19)20/h1-3,8-9H,4-7H2,(H2,15,18)(H,16,21)(H,19,20). The highest BCUT2D eigenvalue weighted by molar-refractivity contribution is 5.93. The second kappa shape index (κ2) is 6.25. The third-order valence-corrected chi connectivity index (χ3v) is 3.55. The van der Waals surface area contributed by atoms with Gasteiger partial charge in [-0.1, -0.05) is 6.07 Å². The van der Waals surface area contributed by atoms with E-state index >= 15 is 0 Å². The number of carbonyl (C=O) groups is 3. The second-order valence-corrected chi connectivity index (χ2v) is 4.98. The number of benzene rings is 1. The molecule has 21 heavy (non-hydrogen) atoms. The summed E-state index contributed by atoms with van der Waals surface area (Å²) in [5.74, 6) is -1.55. The average molecular weight is 291 g/mol. The van der Waals surface area contributed by atoms with E-state index in [9.17, 15) is 14.4 Å². The van der Waals surface area contributed by atoms with Crippen LogP contribution in [0.2, 0.25) is 0 Å². The second-order valence-electron chi connectivity index (χ2n) is 4.98. The van der Waals surface area contributed by atoms with E-state index in [0.717, 1.165) is 0 Å². The van der Waals surface area contributed by atoms with Crippen LogP contribution in [0, 0.1) is 5.92 Å². The number of likely N-dealkylation sites (tertiary alicyclic amines) is 1. The highest BCUT2D eigenvalue weighted by Crippen LogP contribution is 2.18. The van der Waals surface area contributed by atoms with E-state index < -0.39 is 5.97 Å². The van der Waals surface area contributed by atoms with Crippen LogP contribution in [-0.2, 0) is 4.79 Å². The molecule has 1 aliphatic rings. The fourth-order valence-electron chi connectivity index (χ4n) is 2.30. The number of carbonyl (C=O) groups excluding carboxylic acids is 2. The number of hydrogen-bond acceptors (Lipinski definition) is 3. The number of piperidine rings is 1. The SMILES string of the molecule is NC(=O)C1CCN(C(=O)Nc2cccc(C(=O)O)c2)CC1. The molecule has 0 saturated carbocycles. The smallest absolute Gasteiger partial charge is 0.335 e. The number of primary amides is 1. The number of aromatic carboxylic acids is 1. The van der Waals surface area contributed by atoms with Crippen molar-refractivity contribution in [2.75, 3.05) is 18.4 Å². The van der Waals surface area contributed by atoms with Gasteiger partial charge in [0, 0.05) is 24.7 Å². The monoisotopic (exact) mass is 291 g/mol. The van der Waals surface area contributed by atoms with Gasteiger partial charge in [0.05, 0.1) is 5.56 Å². The summed E-state index contributed by atoms with van der Waals surface area (Å²) in [6.45, 7) is 0.913. The Morgan fingerprint density at radius 3 is 2.48 bits per heavy atom. The number of carboxylic acid groups (broad SMARTS) is 1. The predicted molar refractivity (Wildman–Crippen MR) is 75.9 cm³/mol. The lowest BCUT2D eigenvalue weighted by atomic mass is 9.96. The van der Waals surface area contributed by atoms with Gasteiger partial charge in [0.2, 0.25) is 5.91 Å². The van der Waals surface area contributed by atoms with Crippen LogP contribution in [-0.4, -0.2) is 41.0 Å². The third kappa shape index (κ3) is 3.71. The summed E-state index contributed by atoms with van der Waals surface area (Å²) in [6, 6.07) is 5.74. The quantitative estimate of drug-likeness (QED) is 0.774. The normalized spacial score (nSPS) is 15.5. The lowest BCUT2D eigenvalue weighted by Gasteiger charge is -2.30. The molecule has 4 N–H and O–H groups in total. The zero-order valence-corrected chi connectivity index (χ0v) is 11.4. The maximum Gasteiger partial charge on any atom is 0.335 e. The topological polar surface area (TPSA) is 113 Å². The molecule has 7 nitrogen and oxygen atoms in total. The molecule has 7 heteroatoms. The first-order valence-corrected chi connectivity index (χ1v) is 6.66. The Hall–Kier alpha value is -2.57. The van der Waals surface area contributed by atoms with Crippen molar-refractivity contribution in [2.45, 2.75) is 12.8 Å². The maximum atomic E-state index is 12.1. The number of hydrogen-bond donors (Lipinski definition) is 3. The van der Waals surface area contributed by atoms with Crippen molar-refractivity contribution in [1.82, 2.24) is 4.90 Å². The molecule has 1 aromatic carbocycles. The molecule has 0 bridgehead atoms. The van der Waals surface area contributed by atoms with Crippen LogP contribution < -0.4 is 11.1 Å². The maximum absolute atomic E-state index is 12.1. The molecule has 0 unspecified atom stereocenters. The Labute approximate surface area is 121 Å². The van der Waals surface area contributed by atoms with Gasteiger partial charge in [-0.25, -0.2) is 9.59 Å². The zero-order chi connectivity index (χ0) is 15.4. The van der Waals surface area contributed by atoms with Crippen molar-refractivity contribution < 1.29 is 19.5 Å². The van der Waals surface area contributed by atoms with Crippen molar-refractivity contribution in [3.8, 4) is 0 Å². The Balaban J connectivity index is 1.95. The number of anilines is 1. The minimum atomic E-state index is -1.05. The highest BCUT2D eigenvalue weighted by atomic mass is 16.4. The van der Waals surface area contributed by atoms with Gasteiger partial charge in [0.25, 0.3) is 0 Å². The van der Waals surface area contributed by atoms with Crippen LogP contribution in [0.3, 0.4) is 0 Å². The molecule has 0 aliphatic carbocycles. The lowest BCUT2D eigenvalue weighted by Crippen LogP contribution is -2.43. The first kappa shape index (κ1) is 14.8. The van der Waals surface area contributed by atoms with E-state index in [1.165, 1.54) is 12.1 Å². The largest absolute Gasteiger partial charge is 0.478 e. The Morgan fingerprint density at radius 2 is 1.90 bits per heavy atom. The van der Waals surface area contributed by atoms with Crippen LogP contribution in [0.1, 0.15) is 23.2 Å². The summed E-state index contributed by atoms with van der Waals surface area (Å²) in [7, 11) is 0. The van der Waals surface area contributed by atoms with Crippen LogP contribution in [0.25, 0.3) is 0 Å². The van der Waals surface area contributed by atoms with Crippen LogP contribution >= 0.6 is 0 Å². The number of nitrogens with zero attached hydrogens (tertiary/aromatic N) is 1. The molecule has 3 amide bonds. The van der Waals surface area contributed by atoms with Crippen LogP contribution in [0.15, 0.2) is 24.3 Å². The van der Waals surface area contributed by atoms with Gasteiger partial charge in [-0.05, 0) is 31.0 Å². The molecular weight excluding hydrogens is 274 g/mol. The molecule has 112 valence electrons. The van der Waals surface area contributed by atoms with Crippen molar-refractivity contribution in [3.05, 3.63) is 29.8 Å². The number of rotatable bonds is 3. The highest BCUT2D eigenvalue weighted by Gasteiger charge is 2.25. The Morgan fingerprint density at radius 1 is 1.24 bits per heavy atom. The van der Waals surface area contributed by atoms with Gasteiger partial charge in [-0.3, -0.25) is 4.79 Å². The lowest BCUT2D eigenvalue weighted by molar-refractivity contribution is -0.122. The van der Waals surface area contributed by atoms with Gasteiger partial charge < -0.3 is 21.1 Å². The average Bonchev–Trinajstić information content (AvgIpc) is 2.47. The van der Waals surface area contributed by atoms with Gasteiger partial charge in [0.15, 0.2) is 0 Å². The number of amides is 3. The van der Waals surface area contributed by atoms with E-state index in [4.69, 9.17) is 10.8 Å². The van der Waals surface area contributed by atoms with Crippen molar-refractivity contribution >= 4 is 23.6 Å². The number of urea groups is 1.